The number of hydrogen-bond acceptors (Lipinski definition) is 2. The number of carbonyl (C=O) groups is 1. The van der Waals surface area contributed by atoms with Gasteiger partial charge in [0.25, 0.3) is 0 Å². The van der Waals surface area contributed by atoms with Gasteiger partial charge in [-0.3, -0.25) is 9.69 Å². The molecule has 0 spiro atoms. The average molecular weight is 291 g/mol. The molecule has 1 aromatic rings. The summed E-state index contributed by atoms with van der Waals surface area (Å²) in [5.41, 5.74) is 1.11. The van der Waals surface area contributed by atoms with E-state index in [-0.39, 0.29) is 11.9 Å². The number of benzene rings is 1. The Morgan fingerprint density at radius 2 is 2.19 bits per heavy atom. The van der Waals surface area contributed by atoms with Crippen LogP contribution in [0.25, 0.3) is 0 Å². The van der Waals surface area contributed by atoms with Gasteiger partial charge in [0.15, 0.2) is 0 Å². The maximum Gasteiger partial charge on any atom is 0.325 e. The molecule has 1 fully saturated rings. The fourth-order valence-electron chi connectivity index (χ4n) is 3.16. The van der Waals surface area contributed by atoms with Crippen molar-refractivity contribution in [3.05, 3.63) is 47.8 Å². The number of nitrogens with zero attached hydrogens (tertiary/aromatic N) is 1. The molecule has 0 unspecified atom stereocenters. The van der Waals surface area contributed by atoms with Crippen LogP contribution >= 0.6 is 0 Å². The number of rotatable bonds is 6. The summed E-state index contributed by atoms with van der Waals surface area (Å²) in [7, 11) is 0. The van der Waals surface area contributed by atoms with Gasteiger partial charge in [-0.2, -0.15) is 0 Å². The zero-order valence-corrected chi connectivity index (χ0v) is 12.4. The van der Waals surface area contributed by atoms with Gasteiger partial charge in [0.1, 0.15) is 11.9 Å². The first-order valence-corrected chi connectivity index (χ1v) is 7.40. The molecule has 0 amide bonds. The SMILES string of the molecule is C=CCN(C1CCCC1)[C@@H](C(=O)O)c1ccc(F)c(C)c1. The summed E-state index contributed by atoms with van der Waals surface area (Å²) in [5.74, 6) is -1.20. The lowest BCUT2D eigenvalue weighted by Gasteiger charge is -2.33. The third kappa shape index (κ3) is 3.50. The van der Waals surface area contributed by atoms with Crippen molar-refractivity contribution >= 4 is 5.97 Å². The van der Waals surface area contributed by atoms with Crippen molar-refractivity contribution in [3.8, 4) is 0 Å². The largest absolute Gasteiger partial charge is 0.480 e. The van der Waals surface area contributed by atoms with E-state index in [1.165, 1.54) is 6.07 Å². The van der Waals surface area contributed by atoms with Crippen LogP contribution in [0.5, 0.6) is 0 Å². The van der Waals surface area contributed by atoms with Crippen LogP contribution in [0.15, 0.2) is 30.9 Å². The maximum atomic E-state index is 13.4. The van der Waals surface area contributed by atoms with Crippen LogP contribution in [0.4, 0.5) is 4.39 Å². The molecule has 0 heterocycles. The zero-order chi connectivity index (χ0) is 15.4. The Bertz CT molecular complexity index is 524. The molecule has 4 heteroatoms. The summed E-state index contributed by atoms with van der Waals surface area (Å²) in [6.45, 7) is 5.93. The number of halogens is 1. The van der Waals surface area contributed by atoms with E-state index in [4.69, 9.17) is 0 Å². The van der Waals surface area contributed by atoms with Gasteiger partial charge in [-0.1, -0.05) is 31.1 Å². The molecule has 1 atom stereocenters. The number of carboxylic acids is 1. The van der Waals surface area contributed by atoms with Crippen molar-refractivity contribution in [2.45, 2.75) is 44.7 Å². The smallest absolute Gasteiger partial charge is 0.325 e. The van der Waals surface area contributed by atoms with Crippen molar-refractivity contribution in [2.24, 2.45) is 0 Å². The van der Waals surface area contributed by atoms with E-state index in [1.807, 2.05) is 4.90 Å². The van der Waals surface area contributed by atoms with Crippen LogP contribution in [-0.4, -0.2) is 28.6 Å². The molecule has 1 N–H and O–H groups in total. The summed E-state index contributed by atoms with van der Waals surface area (Å²) in [5, 5.41) is 9.67. The van der Waals surface area contributed by atoms with Crippen molar-refractivity contribution in [3.63, 3.8) is 0 Å². The van der Waals surface area contributed by atoms with Gasteiger partial charge in [0.2, 0.25) is 0 Å². The highest BCUT2D eigenvalue weighted by Gasteiger charge is 2.33. The monoisotopic (exact) mass is 291 g/mol. The van der Waals surface area contributed by atoms with Gasteiger partial charge >= 0.3 is 5.97 Å². The van der Waals surface area contributed by atoms with Gasteiger partial charge in [0, 0.05) is 12.6 Å². The van der Waals surface area contributed by atoms with Crippen LogP contribution in [0.2, 0.25) is 0 Å². The summed E-state index contributed by atoms with van der Waals surface area (Å²) in [6, 6.07) is 4.08. The highest BCUT2D eigenvalue weighted by Crippen LogP contribution is 2.32. The Kier molecular flexibility index (Phi) is 5.12. The number of carboxylic acid groups (broad SMARTS) is 1. The molecular weight excluding hydrogens is 269 g/mol. The van der Waals surface area contributed by atoms with Crippen LogP contribution < -0.4 is 0 Å². The van der Waals surface area contributed by atoms with Gasteiger partial charge in [0.05, 0.1) is 0 Å². The second kappa shape index (κ2) is 6.85. The van der Waals surface area contributed by atoms with Crippen LogP contribution in [0.1, 0.15) is 42.9 Å². The second-order valence-corrected chi connectivity index (χ2v) is 5.67. The fourth-order valence-corrected chi connectivity index (χ4v) is 3.16. The molecule has 0 saturated heterocycles. The lowest BCUT2D eigenvalue weighted by atomic mass is 10.00. The Morgan fingerprint density at radius 3 is 2.71 bits per heavy atom. The molecule has 0 bridgehead atoms. The third-order valence-electron chi connectivity index (χ3n) is 4.20. The molecule has 0 aliphatic heterocycles. The lowest BCUT2D eigenvalue weighted by molar-refractivity contribution is -0.144. The first-order valence-electron chi connectivity index (χ1n) is 7.40. The first-order chi connectivity index (χ1) is 10.0. The summed E-state index contributed by atoms with van der Waals surface area (Å²) < 4.78 is 13.4. The highest BCUT2D eigenvalue weighted by atomic mass is 19.1. The van der Waals surface area contributed by atoms with Gasteiger partial charge < -0.3 is 5.11 Å². The van der Waals surface area contributed by atoms with E-state index in [0.717, 1.165) is 25.7 Å². The molecule has 1 aliphatic carbocycles. The molecule has 1 aliphatic rings. The molecule has 2 rings (SSSR count). The maximum absolute atomic E-state index is 13.4. The molecule has 0 radical (unpaired) electrons. The van der Waals surface area contributed by atoms with E-state index >= 15 is 0 Å². The standard InChI is InChI=1S/C17H22FNO2/c1-3-10-19(14-6-4-5-7-14)16(17(20)21)13-8-9-15(18)12(2)11-13/h3,8-9,11,14,16H,1,4-7,10H2,2H3,(H,20,21)/t16-/m1/s1. The van der Waals surface area contributed by atoms with Crippen LogP contribution in [-0.2, 0) is 4.79 Å². The van der Waals surface area contributed by atoms with Crippen molar-refractivity contribution in [1.29, 1.82) is 0 Å². The molecule has 1 saturated carbocycles. The average Bonchev–Trinajstić information content (AvgIpc) is 2.95. The molecular formula is C17H22FNO2. The summed E-state index contributed by atoms with van der Waals surface area (Å²) >= 11 is 0. The van der Waals surface area contributed by atoms with E-state index in [9.17, 15) is 14.3 Å². The van der Waals surface area contributed by atoms with Crippen LogP contribution in [0, 0.1) is 12.7 Å². The fraction of sp³-hybridized carbons (Fsp3) is 0.471. The third-order valence-corrected chi connectivity index (χ3v) is 4.20. The minimum atomic E-state index is -0.894. The molecule has 1 aromatic carbocycles. The van der Waals surface area contributed by atoms with Crippen molar-refractivity contribution < 1.29 is 14.3 Å². The van der Waals surface area contributed by atoms with E-state index in [2.05, 4.69) is 6.58 Å². The highest BCUT2D eigenvalue weighted by molar-refractivity contribution is 5.75. The number of hydrogen-bond donors (Lipinski definition) is 1. The minimum absolute atomic E-state index is 0.259. The summed E-state index contributed by atoms with van der Waals surface area (Å²) in [6.07, 6.45) is 6.03. The molecule has 0 aromatic heterocycles. The topological polar surface area (TPSA) is 40.5 Å². The van der Waals surface area contributed by atoms with E-state index < -0.39 is 12.0 Å². The van der Waals surface area contributed by atoms with Gasteiger partial charge in [-0.15, -0.1) is 6.58 Å². The predicted octanol–water partition coefficient (Wildman–Crippen LogP) is 3.69. The Balaban J connectivity index is 2.36. The molecule has 3 nitrogen and oxygen atoms in total. The van der Waals surface area contributed by atoms with Crippen molar-refractivity contribution in [2.75, 3.05) is 6.54 Å². The normalized spacial score (nSPS) is 17.1. The predicted molar refractivity (Wildman–Crippen MR) is 80.7 cm³/mol. The molecule has 21 heavy (non-hydrogen) atoms. The molecule has 114 valence electrons. The first kappa shape index (κ1) is 15.7. The van der Waals surface area contributed by atoms with E-state index in [1.54, 1.807) is 25.1 Å². The second-order valence-electron chi connectivity index (χ2n) is 5.67. The van der Waals surface area contributed by atoms with Crippen LogP contribution in [0.3, 0.4) is 0 Å². The number of aryl methyl sites for hydroxylation is 1. The zero-order valence-electron chi connectivity index (χ0n) is 12.4. The summed E-state index contributed by atoms with van der Waals surface area (Å²) in [4.78, 5) is 13.8. The Labute approximate surface area is 125 Å². The van der Waals surface area contributed by atoms with Gasteiger partial charge in [-0.25, -0.2) is 4.39 Å². The Hall–Kier alpha value is -1.68. The van der Waals surface area contributed by atoms with Crippen molar-refractivity contribution in [1.82, 2.24) is 4.90 Å². The quantitative estimate of drug-likeness (QED) is 0.813. The van der Waals surface area contributed by atoms with Gasteiger partial charge in [-0.05, 0) is 37.0 Å². The Morgan fingerprint density at radius 1 is 1.52 bits per heavy atom. The number of aliphatic carboxylic acids is 1. The lowest BCUT2D eigenvalue weighted by Crippen LogP contribution is -2.40. The van der Waals surface area contributed by atoms with E-state index in [0.29, 0.717) is 17.7 Å². The minimum Gasteiger partial charge on any atom is -0.480 e.